The number of piperidine rings is 1. The summed E-state index contributed by atoms with van der Waals surface area (Å²) < 4.78 is 11.5. The number of amides is 2. The second-order valence-corrected chi connectivity index (χ2v) is 9.58. The molecular weight excluding hydrogens is 482 g/mol. The maximum Gasteiger partial charge on any atom is 0.260 e. The van der Waals surface area contributed by atoms with Crippen LogP contribution < -0.4 is 19.8 Å². The molecule has 0 aliphatic carbocycles. The minimum absolute atomic E-state index is 0.00132. The molecule has 2 aromatic carbocycles. The third kappa shape index (κ3) is 8.21. The average molecular weight is 522 g/mol. The van der Waals surface area contributed by atoms with Gasteiger partial charge >= 0.3 is 0 Å². The van der Waals surface area contributed by atoms with Gasteiger partial charge in [-0.15, -0.1) is 0 Å². The molecule has 2 aliphatic heterocycles. The fourth-order valence-electron chi connectivity index (χ4n) is 4.73. The number of benzene rings is 2. The van der Waals surface area contributed by atoms with Crippen LogP contribution in [0, 0.1) is 0 Å². The molecule has 1 N–H and O–H groups in total. The number of anilines is 1. The zero-order valence-corrected chi connectivity index (χ0v) is 22.3. The van der Waals surface area contributed by atoms with Crippen LogP contribution in [0.3, 0.4) is 0 Å². The van der Waals surface area contributed by atoms with E-state index in [1.807, 2.05) is 24.0 Å². The van der Waals surface area contributed by atoms with Gasteiger partial charge in [0.1, 0.15) is 0 Å². The molecule has 0 spiro atoms. The molecule has 2 aromatic rings. The number of likely N-dealkylation sites (tertiary alicyclic amines) is 1. The summed E-state index contributed by atoms with van der Waals surface area (Å²) in [5, 5.41) is 4.11. The number of nitrogens with zero attached hydrogens (tertiary/aromatic N) is 4. The maximum absolute atomic E-state index is 12.4. The summed E-state index contributed by atoms with van der Waals surface area (Å²) in [6.45, 7) is 8.44. The first kappa shape index (κ1) is 27.4. The summed E-state index contributed by atoms with van der Waals surface area (Å²) in [5.41, 5.74) is 4.63. The van der Waals surface area contributed by atoms with E-state index in [9.17, 15) is 9.59 Å². The largest absolute Gasteiger partial charge is 0.490 e. The monoisotopic (exact) mass is 521 g/mol. The van der Waals surface area contributed by atoms with Gasteiger partial charge in [-0.05, 0) is 62.1 Å². The highest BCUT2D eigenvalue weighted by molar-refractivity contribution is 5.83. The summed E-state index contributed by atoms with van der Waals surface area (Å²) in [6.07, 6.45) is 5.25. The normalized spacial score (nSPS) is 16.4. The van der Waals surface area contributed by atoms with Crippen molar-refractivity contribution in [2.24, 2.45) is 5.10 Å². The minimum Gasteiger partial charge on any atom is -0.490 e. The SMILES string of the molecule is CCOc1cc(/C=N/NC(=O)CCN2CCN(c3ccccc3)CC2)ccc1OCC(=O)N1CCCCC1. The molecule has 2 aliphatic rings. The Bertz CT molecular complexity index is 1060. The van der Waals surface area contributed by atoms with E-state index in [4.69, 9.17) is 9.47 Å². The van der Waals surface area contributed by atoms with Crippen LogP contribution in [-0.2, 0) is 9.59 Å². The highest BCUT2D eigenvalue weighted by atomic mass is 16.5. The van der Waals surface area contributed by atoms with Gasteiger partial charge in [0, 0.05) is 57.9 Å². The number of hydrazone groups is 1. The molecule has 0 aromatic heterocycles. The predicted molar refractivity (Wildman–Crippen MR) is 149 cm³/mol. The van der Waals surface area contributed by atoms with E-state index in [0.717, 1.165) is 57.7 Å². The van der Waals surface area contributed by atoms with Crippen molar-refractivity contribution in [1.82, 2.24) is 15.2 Å². The number of rotatable bonds is 11. The van der Waals surface area contributed by atoms with Crippen molar-refractivity contribution in [2.75, 3.05) is 63.9 Å². The molecule has 9 nitrogen and oxygen atoms in total. The van der Waals surface area contributed by atoms with Gasteiger partial charge in [0.15, 0.2) is 18.1 Å². The van der Waals surface area contributed by atoms with Gasteiger partial charge in [0.2, 0.25) is 5.91 Å². The first-order valence-corrected chi connectivity index (χ1v) is 13.6. The molecule has 4 rings (SSSR count). The van der Waals surface area contributed by atoms with E-state index in [1.54, 1.807) is 18.3 Å². The van der Waals surface area contributed by atoms with Crippen LogP contribution in [0.1, 0.15) is 38.2 Å². The Morgan fingerprint density at radius 2 is 1.68 bits per heavy atom. The van der Waals surface area contributed by atoms with Crippen LogP contribution in [-0.4, -0.2) is 86.9 Å². The van der Waals surface area contributed by atoms with E-state index in [2.05, 4.69) is 44.6 Å². The minimum atomic E-state index is -0.118. The summed E-state index contributed by atoms with van der Waals surface area (Å²) in [4.78, 5) is 31.3. The molecule has 2 fully saturated rings. The topological polar surface area (TPSA) is 86.7 Å². The third-order valence-corrected chi connectivity index (χ3v) is 6.88. The molecule has 2 amide bonds. The van der Waals surface area contributed by atoms with Crippen LogP contribution >= 0.6 is 0 Å². The Morgan fingerprint density at radius 3 is 2.42 bits per heavy atom. The lowest BCUT2D eigenvalue weighted by molar-refractivity contribution is -0.134. The first-order valence-electron chi connectivity index (χ1n) is 13.6. The maximum atomic E-state index is 12.4. The van der Waals surface area contributed by atoms with Gasteiger partial charge in [0.05, 0.1) is 12.8 Å². The fraction of sp³-hybridized carbons (Fsp3) is 0.483. The fourth-order valence-corrected chi connectivity index (χ4v) is 4.73. The lowest BCUT2D eigenvalue weighted by Crippen LogP contribution is -2.47. The number of hydrogen-bond acceptors (Lipinski definition) is 7. The molecule has 38 heavy (non-hydrogen) atoms. The van der Waals surface area contributed by atoms with E-state index in [1.165, 1.54) is 12.1 Å². The van der Waals surface area contributed by atoms with Crippen molar-refractivity contribution in [3.8, 4) is 11.5 Å². The smallest absolute Gasteiger partial charge is 0.260 e. The van der Waals surface area contributed by atoms with E-state index >= 15 is 0 Å². The van der Waals surface area contributed by atoms with Gasteiger partial charge < -0.3 is 19.3 Å². The molecule has 0 radical (unpaired) electrons. The Morgan fingerprint density at radius 1 is 0.921 bits per heavy atom. The molecule has 204 valence electrons. The summed E-state index contributed by atoms with van der Waals surface area (Å²) in [5.74, 6) is 0.946. The van der Waals surface area contributed by atoms with Crippen molar-refractivity contribution in [1.29, 1.82) is 0 Å². The molecule has 0 bridgehead atoms. The van der Waals surface area contributed by atoms with Crippen LogP contribution in [0.2, 0.25) is 0 Å². The third-order valence-electron chi connectivity index (χ3n) is 6.88. The van der Waals surface area contributed by atoms with Crippen LogP contribution in [0.25, 0.3) is 0 Å². The first-order chi connectivity index (χ1) is 18.6. The summed E-state index contributed by atoms with van der Waals surface area (Å²) in [7, 11) is 0. The van der Waals surface area contributed by atoms with Crippen LogP contribution in [0.4, 0.5) is 5.69 Å². The van der Waals surface area contributed by atoms with E-state index < -0.39 is 0 Å². The predicted octanol–water partition coefficient (Wildman–Crippen LogP) is 3.14. The van der Waals surface area contributed by atoms with Crippen molar-refractivity contribution in [3.63, 3.8) is 0 Å². The average Bonchev–Trinajstić information content (AvgIpc) is 2.97. The van der Waals surface area contributed by atoms with Gasteiger partial charge in [-0.25, -0.2) is 5.43 Å². The lowest BCUT2D eigenvalue weighted by Gasteiger charge is -2.36. The van der Waals surface area contributed by atoms with Gasteiger partial charge in [-0.2, -0.15) is 5.10 Å². The Balaban J connectivity index is 1.19. The summed E-state index contributed by atoms with van der Waals surface area (Å²) in [6, 6.07) is 15.8. The highest BCUT2D eigenvalue weighted by Gasteiger charge is 2.19. The number of carbonyl (C=O) groups excluding carboxylic acids is 2. The van der Waals surface area contributed by atoms with Gasteiger partial charge in [0.25, 0.3) is 5.91 Å². The molecule has 0 atom stereocenters. The highest BCUT2D eigenvalue weighted by Crippen LogP contribution is 2.28. The molecule has 2 heterocycles. The van der Waals surface area contributed by atoms with Crippen molar-refractivity contribution in [3.05, 3.63) is 54.1 Å². The zero-order chi connectivity index (χ0) is 26.6. The van der Waals surface area contributed by atoms with E-state index in [0.29, 0.717) is 31.1 Å². The second kappa shape index (κ2) is 14.4. The van der Waals surface area contributed by atoms with Crippen LogP contribution in [0.5, 0.6) is 11.5 Å². The number of piperazine rings is 1. The molecule has 9 heteroatoms. The Hall–Kier alpha value is -3.59. The summed E-state index contributed by atoms with van der Waals surface area (Å²) >= 11 is 0. The van der Waals surface area contributed by atoms with Crippen LogP contribution in [0.15, 0.2) is 53.6 Å². The molecule has 0 saturated carbocycles. The number of para-hydroxylation sites is 1. The Kier molecular flexibility index (Phi) is 10.4. The molecule has 2 saturated heterocycles. The van der Waals surface area contributed by atoms with Gasteiger partial charge in [-0.3, -0.25) is 14.5 Å². The quantitative estimate of drug-likeness (QED) is 0.361. The number of nitrogens with one attached hydrogen (secondary N) is 1. The van der Waals surface area contributed by atoms with E-state index in [-0.39, 0.29) is 18.4 Å². The number of hydrogen-bond donors (Lipinski definition) is 1. The molecular formula is C29H39N5O4. The van der Waals surface area contributed by atoms with Crippen molar-refractivity contribution >= 4 is 23.7 Å². The number of carbonyl (C=O) groups is 2. The van der Waals surface area contributed by atoms with Crippen molar-refractivity contribution < 1.29 is 19.1 Å². The Labute approximate surface area is 225 Å². The molecule has 0 unspecified atom stereocenters. The van der Waals surface area contributed by atoms with Gasteiger partial charge in [-0.1, -0.05) is 18.2 Å². The standard InChI is InChI=1S/C29H39N5O4/c1-2-37-27-21-24(11-12-26(27)38-23-29(36)34-14-7-4-8-15-34)22-30-31-28(35)13-16-32-17-19-33(20-18-32)25-9-5-3-6-10-25/h3,5-6,9-12,21-22H,2,4,7-8,13-20,23H2,1H3,(H,31,35)/b30-22+. The number of ether oxygens (including phenoxy) is 2. The zero-order valence-electron chi connectivity index (χ0n) is 22.3. The lowest BCUT2D eigenvalue weighted by atomic mass is 10.1. The second-order valence-electron chi connectivity index (χ2n) is 9.58. The van der Waals surface area contributed by atoms with Crippen molar-refractivity contribution in [2.45, 2.75) is 32.6 Å².